The van der Waals surface area contributed by atoms with E-state index < -0.39 is 11.5 Å². The summed E-state index contributed by atoms with van der Waals surface area (Å²) < 4.78 is 5.42. The topological polar surface area (TPSA) is 66.8 Å². The van der Waals surface area contributed by atoms with Gasteiger partial charge >= 0.3 is 0 Å². The number of benzene rings is 2. The molecule has 2 N–H and O–H groups in total. The Hall–Kier alpha value is -2.49. The first-order chi connectivity index (χ1) is 9.09. The fraction of sp³-hybridized carbons (Fsp3) is 0.133. The lowest BCUT2D eigenvalue weighted by Gasteiger charge is -2.10. The van der Waals surface area contributed by atoms with Gasteiger partial charge in [0.15, 0.2) is 17.3 Å². The molecule has 0 amide bonds. The summed E-state index contributed by atoms with van der Waals surface area (Å²) in [4.78, 5) is 11.2. The molecule has 0 aliphatic rings. The molecule has 0 fully saturated rings. The Morgan fingerprint density at radius 3 is 2.37 bits per heavy atom. The van der Waals surface area contributed by atoms with Crippen LogP contribution < -0.4 is 4.74 Å². The number of carbonyl (C=O) groups excluding carboxylic acids is 1. The van der Waals surface area contributed by atoms with Gasteiger partial charge in [0, 0.05) is 0 Å². The zero-order valence-electron chi connectivity index (χ0n) is 10.5. The van der Waals surface area contributed by atoms with Crippen molar-refractivity contribution in [1.82, 2.24) is 0 Å². The predicted octanol–water partition coefficient (Wildman–Crippen LogP) is 2.88. The Morgan fingerprint density at radius 2 is 1.74 bits per heavy atom. The van der Waals surface area contributed by atoms with Crippen LogP contribution in [0.25, 0.3) is 0 Å². The Morgan fingerprint density at radius 1 is 1.05 bits per heavy atom. The van der Waals surface area contributed by atoms with Crippen LogP contribution in [0.3, 0.4) is 0 Å². The molecule has 0 saturated carbocycles. The van der Waals surface area contributed by atoms with Gasteiger partial charge in [-0.05, 0) is 24.6 Å². The third-order valence-corrected chi connectivity index (χ3v) is 2.73. The lowest BCUT2D eigenvalue weighted by Crippen LogP contribution is -1.98. The van der Waals surface area contributed by atoms with Crippen molar-refractivity contribution in [3.63, 3.8) is 0 Å². The molecule has 0 bridgehead atoms. The average molecular weight is 258 g/mol. The number of hydrogen-bond acceptors (Lipinski definition) is 4. The van der Waals surface area contributed by atoms with Gasteiger partial charge in [-0.3, -0.25) is 4.79 Å². The van der Waals surface area contributed by atoms with Crippen LogP contribution in [-0.4, -0.2) is 16.0 Å². The summed E-state index contributed by atoms with van der Waals surface area (Å²) in [6.07, 6.45) is 0. The van der Waals surface area contributed by atoms with Crippen molar-refractivity contribution in [2.24, 2.45) is 0 Å². The highest BCUT2D eigenvalue weighted by molar-refractivity contribution is 5.97. The first-order valence-electron chi connectivity index (χ1n) is 5.82. The van der Waals surface area contributed by atoms with Crippen LogP contribution in [0.2, 0.25) is 0 Å². The van der Waals surface area contributed by atoms with Crippen molar-refractivity contribution < 1.29 is 19.7 Å². The first kappa shape index (κ1) is 13.0. The number of aromatic hydroxyl groups is 2. The Kier molecular flexibility index (Phi) is 3.71. The van der Waals surface area contributed by atoms with E-state index in [0.29, 0.717) is 0 Å². The maximum atomic E-state index is 11.2. The molecule has 0 aromatic heterocycles. The molecule has 4 heteroatoms. The largest absolute Gasteiger partial charge is 0.504 e. The quantitative estimate of drug-likeness (QED) is 0.653. The molecular formula is C15H14O4. The van der Waals surface area contributed by atoms with Crippen LogP contribution >= 0.6 is 0 Å². The molecular weight excluding hydrogens is 244 g/mol. The van der Waals surface area contributed by atoms with Crippen molar-refractivity contribution in [3.8, 4) is 17.2 Å². The van der Waals surface area contributed by atoms with Gasteiger partial charge in [0.2, 0.25) is 5.75 Å². The zero-order valence-corrected chi connectivity index (χ0v) is 10.5. The van der Waals surface area contributed by atoms with Crippen LogP contribution in [-0.2, 0) is 6.61 Å². The molecule has 19 heavy (non-hydrogen) atoms. The molecule has 2 aromatic carbocycles. The lowest BCUT2D eigenvalue weighted by molar-refractivity contribution is 0.101. The number of hydrogen-bond donors (Lipinski definition) is 2. The number of Topliss-reactive ketones (excluding diaryl/α,β-unsaturated/α-hetero) is 1. The first-order valence-corrected chi connectivity index (χ1v) is 5.82. The molecule has 4 nitrogen and oxygen atoms in total. The summed E-state index contributed by atoms with van der Waals surface area (Å²) in [5.41, 5.74) is 1.02. The smallest absolute Gasteiger partial charge is 0.201 e. The molecule has 98 valence electrons. The standard InChI is InChI=1S/C15H14O4/c1-10(16)12-7-8-13(15(18)14(12)17)19-9-11-5-3-2-4-6-11/h2-8,17-18H,9H2,1H3. The normalized spacial score (nSPS) is 10.2. The van der Waals surface area contributed by atoms with Crippen molar-refractivity contribution in [2.75, 3.05) is 0 Å². The Bertz CT molecular complexity index is 591. The maximum absolute atomic E-state index is 11.2. The highest BCUT2D eigenvalue weighted by Crippen LogP contribution is 2.38. The van der Waals surface area contributed by atoms with Gasteiger partial charge < -0.3 is 14.9 Å². The second-order valence-corrected chi connectivity index (χ2v) is 4.14. The maximum Gasteiger partial charge on any atom is 0.201 e. The monoisotopic (exact) mass is 258 g/mol. The van der Waals surface area contributed by atoms with E-state index in [4.69, 9.17) is 4.74 Å². The van der Waals surface area contributed by atoms with Gasteiger partial charge in [0.1, 0.15) is 6.61 Å². The fourth-order valence-electron chi connectivity index (χ4n) is 1.70. The van der Waals surface area contributed by atoms with Crippen LogP contribution in [0.4, 0.5) is 0 Å². The molecule has 0 spiro atoms. The van der Waals surface area contributed by atoms with Crippen LogP contribution in [0.5, 0.6) is 17.2 Å². The number of rotatable bonds is 4. The third-order valence-electron chi connectivity index (χ3n) is 2.73. The minimum atomic E-state index is -0.446. The van der Waals surface area contributed by atoms with Gasteiger partial charge in [-0.25, -0.2) is 0 Å². The van der Waals surface area contributed by atoms with Gasteiger partial charge in [0.25, 0.3) is 0 Å². The third kappa shape index (κ3) is 2.85. The number of ether oxygens (including phenoxy) is 1. The van der Waals surface area contributed by atoms with E-state index in [9.17, 15) is 15.0 Å². The number of phenolic OH excluding ortho intramolecular Hbond substituents is 2. The minimum absolute atomic E-state index is 0.0737. The summed E-state index contributed by atoms with van der Waals surface area (Å²) >= 11 is 0. The fourth-order valence-corrected chi connectivity index (χ4v) is 1.70. The molecule has 2 aromatic rings. The summed E-state index contributed by atoms with van der Waals surface area (Å²) in [5, 5.41) is 19.5. The Labute approximate surface area is 110 Å². The van der Waals surface area contributed by atoms with Gasteiger partial charge in [-0.1, -0.05) is 30.3 Å². The van der Waals surface area contributed by atoms with E-state index in [2.05, 4.69) is 0 Å². The molecule has 0 aliphatic carbocycles. The van der Waals surface area contributed by atoms with Crippen LogP contribution in [0.15, 0.2) is 42.5 Å². The van der Waals surface area contributed by atoms with Crippen molar-refractivity contribution in [2.45, 2.75) is 13.5 Å². The van der Waals surface area contributed by atoms with Gasteiger partial charge in [0.05, 0.1) is 5.56 Å². The SMILES string of the molecule is CC(=O)c1ccc(OCc2ccccc2)c(O)c1O. The second-order valence-electron chi connectivity index (χ2n) is 4.14. The zero-order chi connectivity index (χ0) is 13.8. The summed E-state index contributed by atoms with van der Waals surface area (Å²) in [6, 6.07) is 12.3. The molecule has 0 heterocycles. The van der Waals surface area contributed by atoms with Gasteiger partial charge in [-0.2, -0.15) is 0 Å². The average Bonchev–Trinajstić information content (AvgIpc) is 2.41. The van der Waals surface area contributed by atoms with Crippen molar-refractivity contribution in [1.29, 1.82) is 0 Å². The van der Waals surface area contributed by atoms with E-state index in [0.717, 1.165) is 5.56 Å². The second kappa shape index (κ2) is 5.44. The van der Waals surface area contributed by atoms with Crippen LogP contribution in [0, 0.1) is 0 Å². The van der Waals surface area contributed by atoms with E-state index in [1.54, 1.807) is 0 Å². The Balaban J connectivity index is 2.18. The lowest BCUT2D eigenvalue weighted by atomic mass is 10.1. The molecule has 0 radical (unpaired) electrons. The molecule has 0 aliphatic heterocycles. The number of carbonyl (C=O) groups is 1. The number of phenols is 2. The van der Waals surface area contributed by atoms with E-state index in [-0.39, 0.29) is 23.7 Å². The molecule has 0 unspecified atom stereocenters. The summed E-state index contributed by atoms with van der Waals surface area (Å²) in [6.45, 7) is 1.59. The molecule has 0 atom stereocenters. The highest BCUT2D eigenvalue weighted by Gasteiger charge is 2.15. The summed E-state index contributed by atoms with van der Waals surface area (Å²) in [5.74, 6) is -1.03. The van der Waals surface area contributed by atoms with E-state index in [1.807, 2.05) is 30.3 Å². The van der Waals surface area contributed by atoms with E-state index >= 15 is 0 Å². The van der Waals surface area contributed by atoms with Crippen molar-refractivity contribution >= 4 is 5.78 Å². The summed E-state index contributed by atoms with van der Waals surface area (Å²) in [7, 11) is 0. The number of ketones is 1. The van der Waals surface area contributed by atoms with Crippen molar-refractivity contribution in [3.05, 3.63) is 53.6 Å². The molecule has 0 saturated heterocycles. The minimum Gasteiger partial charge on any atom is -0.504 e. The predicted molar refractivity (Wildman–Crippen MR) is 70.6 cm³/mol. The molecule has 2 rings (SSSR count). The highest BCUT2D eigenvalue weighted by atomic mass is 16.5. The van der Waals surface area contributed by atoms with Gasteiger partial charge in [-0.15, -0.1) is 0 Å². The van der Waals surface area contributed by atoms with E-state index in [1.165, 1.54) is 19.1 Å². The van der Waals surface area contributed by atoms with Crippen LogP contribution in [0.1, 0.15) is 22.8 Å².